The van der Waals surface area contributed by atoms with Crippen molar-refractivity contribution < 1.29 is 0 Å². The van der Waals surface area contributed by atoms with Crippen LogP contribution in [-0.4, -0.2) is 44.3 Å². The first-order valence-electron chi connectivity index (χ1n) is 7.85. The average Bonchev–Trinajstić information content (AvgIpc) is 2.88. The number of rotatable bonds is 5. The highest BCUT2D eigenvalue weighted by molar-refractivity contribution is 4.98. The Labute approximate surface area is 122 Å². The second-order valence-electron chi connectivity index (χ2n) is 6.45. The van der Waals surface area contributed by atoms with Gasteiger partial charge in [0.2, 0.25) is 0 Å². The molecule has 114 valence electrons. The van der Waals surface area contributed by atoms with Crippen LogP contribution < -0.4 is 5.32 Å². The highest BCUT2D eigenvalue weighted by Gasteiger charge is 2.37. The maximum Gasteiger partial charge on any atom is 0.141 e. The van der Waals surface area contributed by atoms with Crippen LogP contribution in [0.5, 0.6) is 0 Å². The van der Waals surface area contributed by atoms with Gasteiger partial charge in [-0.05, 0) is 26.2 Å². The topological polar surface area (TPSA) is 46.0 Å². The zero-order valence-electron chi connectivity index (χ0n) is 13.6. The van der Waals surface area contributed by atoms with E-state index in [9.17, 15) is 0 Å². The summed E-state index contributed by atoms with van der Waals surface area (Å²) in [4.78, 5) is 7.03. The number of nitrogens with one attached hydrogen (secondary N) is 1. The molecule has 0 radical (unpaired) electrons. The summed E-state index contributed by atoms with van der Waals surface area (Å²) in [6.07, 6.45) is 2.81. The van der Waals surface area contributed by atoms with Gasteiger partial charge in [0.25, 0.3) is 0 Å². The monoisotopic (exact) mass is 279 g/mol. The standard InChI is InChI=1S/C15H29N5/c1-6-15(5)10-16-13(12(3)4)8-19(15)9-14-17-11-18-20(14)7-2/h11-13,16H,6-10H2,1-5H3. The Kier molecular flexibility index (Phi) is 4.81. The predicted octanol–water partition coefficient (Wildman–Crippen LogP) is 1.90. The number of aryl methyl sites for hydroxylation is 1. The highest BCUT2D eigenvalue weighted by Crippen LogP contribution is 2.26. The Morgan fingerprint density at radius 2 is 2.20 bits per heavy atom. The van der Waals surface area contributed by atoms with Crippen LogP contribution in [0.1, 0.15) is 46.9 Å². The Morgan fingerprint density at radius 1 is 1.45 bits per heavy atom. The van der Waals surface area contributed by atoms with E-state index in [4.69, 9.17) is 0 Å². The van der Waals surface area contributed by atoms with Crippen molar-refractivity contribution in [1.82, 2.24) is 25.0 Å². The highest BCUT2D eigenvalue weighted by atomic mass is 15.4. The van der Waals surface area contributed by atoms with Crippen molar-refractivity contribution in [3.63, 3.8) is 0 Å². The number of hydrogen-bond acceptors (Lipinski definition) is 4. The Balaban J connectivity index is 2.15. The number of piperazine rings is 1. The molecule has 0 saturated carbocycles. The van der Waals surface area contributed by atoms with E-state index in [1.165, 1.54) is 0 Å². The van der Waals surface area contributed by atoms with Crippen molar-refractivity contribution in [2.75, 3.05) is 13.1 Å². The van der Waals surface area contributed by atoms with Crippen molar-refractivity contribution in [2.45, 2.75) is 65.7 Å². The Hall–Kier alpha value is -0.940. The molecule has 1 aromatic heterocycles. The van der Waals surface area contributed by atoms with E-state index in [-0.39, 0.29) is 5.54 Å². The molecule has 5 heteroatoms. The van der Waals surface area contributed by atoms with Gasteiger partial charge in [0.1, 0.15) is 12.2 Å². The van der Waals surface area contributed by atoms with Crippen LogP contribution in [-0.2, 0) is 13.1 Å². The van der Waals surface area contributed by atoms with E-state index in [1.807, 2.05) is 4.68 Å². The van der Waals surface area contributed by atoms with E-state index in [0.29, 0.717) is 12.0 Å². The van der Waals surface area contributed by atoms with Crippen LogP contribution in [0.4, 0.5) is 0 Å². The Bertz CT molecular complexity index is 428. The summed E-state index contributed by atoms with van der Waals surface area (Å²) in [5.41, 5.74) is 0.204. The van der Waals surface area contributed by atoms with Gasteiger partial charge < -0.3 is 5.32 Å². The SMILES string of the molecule is CCn1ncnc1CN1CC(C(C)C)NCC1(C)CC. The molecule has 2 rings (SSSR count). The fraction of sp³-hybridized carbons (Fsp3) is 0.867. The molecule has 1 aliphatic heterocycles. The summed E-state index contributed by atoms with van der Waals surface area (Å²) in [5, 5.41) is 8.00. The third kappa shape index (κ3) is 3.04. The minimum absolute atomic E-state index is 0.204. The van der Waals surface area contributed by atoms with Gasteiger partial charge in [-0.15, -0.1) is 0 Å². The average molecular weight is 279 g/mol. The lowest BCUT2D eigenvalue weighted by Crippen LogP contribution is -2.63. The van der Waals surface area contributed by atoms with Gasteiger partial charge in [0.05, 0.1) is 6.54 Å². The van der Waals surface area contributed by atoms with Gasteiger partial charge in [0.15, 0.2) is 0 Å². The number of aromatic nitrogens is 3. The van der Waals surface area contributed by atoms with E-state index >= 15 is 0 Å². The maximum atomic E-state index is 4.44. The predicted molar refractivity (Wildman–Crippen MR) is 81.4 cm³/mol. The summed E-state index contributed by atoms with van der Waals surface area (Å²) in [6, 6.07) is 0.563. The van der Waals surface area contributed by atoms with Crippen LogP contribution in [0, 0.1) is 5.92 Å². The third-order valence-electron chi connectivity index (χ3n) is 4.82. The normalized spacial score (nSPS) is 28.2. The van der Waals surface area contributed by atoms with Gasteiger partial charge >= 0.3 is 0 Å². The second-order valence-corrected chi connectivity index (χ2v) is 6.45. The molecular weight excluding hydrogens is 250 g/mol. The van der Waals surface area contributed by atoms with Crippen molar-refractivity contribution in [3.05, 3.63) is 12.2 Å². The molecule has 2 unspecified atom stereocenters. The first kappa shape index (κ1) is 15.4. The van der Waals surface area contributed by atoms with Crippen molar-refractivity contribution in [3.8, 4) is 0 Å². The molecule has 1 aliphatic rings. The lowest BCUT2D eigenvalue weighted by Gasteiger charge is -2.48. The van der Waals surface area contributed by atoms with E-state index in [2.05, 4.69) is 54.9 Å². The van der Waals surface area contributed by atoms with Crippen LogP contribution >= 0.6 is 0 Å². The third-order valence-corrected chi connectivity index (χ3v) is 4.82. The van der Waals surface area contributed by atoms with Gasteiger partial charge in [0, 0.05) is 31.2 Å². The summed E-state index contributed by atoms with van der Waals surface area (Å²) < 4.78 is 2.00. The molecule has 0 aromatic carbocycles. The molecule has 5 nitrogen and oxygen atoms in total. The molecule has 1 aromatic rings. The molecule has 0 bridgehead atoms. The molecule has 1 N–H and O–H groups in total. The first-order chi connectivity index (χ1) is 9.50. The van der Waals surface area contributed by atoms with Gasteiger partial charge in [-0.1, -0.05) is 20.8 Å². The van der Waals surface area contributed by atoms with Crippen LogP contribution in [0.3, 0.4) is 0 Å². The molecule has 0 aliphatic carbocycles. The molecule has 20 heavy (non-hydrogen) atoms. The maximum absolute atomic E-state index is 4.44. The van der Waals surface area contributed by atoms with Gasteiger partial charge in [-0.2, -0.15) is 5.10 Å². The van der Waals surface area contributed by atoms with Crippen molar-refractivity contribution >= 4 is 0 Å². The van der Waals surface area contributed by atoms with Crippen LogP contribution in [0.2, 0.25) is 0 Å². The zero-order chi connectivity index (χ0) is 14.8. The molecular formula is C15H29N5. The molecule has 1 fully saturated rings. The minimum atomic E-state index is 0.204. The summed E-state index contributed by atoms with van der Waals surface area (Å²) in [6.45, 7) is 15.2. The summed E-state index contributed by atoms with van der Waals surface area (Å²) in [5.74, 6) is 1.74. The lowest BCUT2D eigenvalue weighted by molar-refractivity contribution is 0.0285. The number of hydrogen-bond donors (Lipinski definition) is 1. The van der Waals surface area contributed by atoms with E-state index in [0.717, 1.165) is 38.4 Å². The van der Waals surface area contributed by atoms with E-state index < -0.39 is 0 Å². The second kappa shape index (κ2) is 6.22. The fourth-order valence-electron chi connectivity index (χ4n) is 2.88. The molecule has 1 saturated heterocycles. The summed E-state index contributed by atoms with van der Waals surface area (Å²) in [7, 11) is 0. The quantitative estimate of drug-likeness (QED) is 0.894. The first-order valence-corrected chi connectivity index (χ1v) is 7.85. The minimum Gasteiger partial charge on any atom is -0.311 e. The lowest BCUT2D eigenvalue weighted by atomic mass is 9.89. The van der Waals surface area contributed by atoms with Crippen LogP contribution in [0.25, 0.3) is 0 Å². The molecule has 2 atom stereocenters. The van der Waals surface area contributed by atoms with E-state index in [1.54, 1.807) is 6.33 Å². The molecule has 0 amide bonds. The fourth-order valence-corrected chi connectivity index (χ4v) is 2.88. The van der Waals surface area contributed by atoms with Crippen molar-refractivity contribution in [2.24, 2.45) is 5.92 Å². The van der Waals surface area contributed by atoms with Gasteiger partial charge in [-0.3, -0.25) is 4.90 Å². The largest absolute Gasteiger partial charge is 0.311 e. The van der Waals surface area contributed by atoms with Crippen LogP contribution in [0.15, 0.2) is 6.33 Å². The molecule has 0 spiro atoms. The Morgan fingerprint density at radius 3 is 2.80 bits per heavy atom. The zero-order valence-corrected chi connectivity index (χ0v) is 13.6. The van der Waals surface area contributed by atoms with Crippen molar-refractivity contribution in [1.29, 1.82) is 0 Å². The summed E-state index contributed by atoms with van der Waals surface area (Å²) >= 11 is 0. The smallest absolute Gasteiger partial charge is 0.141 e. The molecule has 2 heterocycles. The van der Waals surface area contributed by atoms with Gasteiger partial charge in [-0.25, -0.2) is 9.67 Å². The number of nitrogens with zero attached hydrogens (tertiary/aromatic N) is 4.